The van der Waals surface area contributed by atoms with Gasteiger partial charge in [0.2, 0.25) is 0 Å². The number of carboxylic acid groups (broad SMARTS) is 1. The van der Waals surface area contributed by atoms with Crippen molar-refractivity contribution in [2.24, 2.45) is 5.41 Å². The summed E-state index contributed by atoms with van der Waals surface area (Å²) in [5.74, 6) is -1.41. The molecule has 1 atom stereocenters. The lowest BCUT2D eigenvalue weighted by Crippen LogP contribution is -2.41. The van der Waals surface area contributed by atoms with E-state index in [1.54, 1.807) is 26.0 Å². The number of nitrogens with two attached hydrogens (primary N) is 1. The molecule has 98 valence electrons. The van der Waals surface area contributed by atoms with E-state index in [2.05, 4.69) is 10.3 Å². The van der Waals surface area contributed by atoms with Crippen LogP contribution in [0, 0.1) is 5.41 Å². The number of carbonyl (C=O) groups excluding carboxylic acids is 1. The Hall–Kier alpha value is -2.11. The van der Waals surface area contributed by atoms with Gasteiger partial charge in [0, 0.05) is 12.7 Å². The van der Waals surface area contributed by atoms with Crippen LogP contribution in [0.1, 0.15) is 30.8 Å². The fourth-order valence-electron chi connectivity index (χ4n) is 1.32. The molecule has 18 heavy (non-hydrogen) atoms. The van der Waals surface area contributed by atoms with Crippen molar-refractivity contribution in [1.29, 1.82) is 0 Å². The number of hydrogen-bond donors (Lipinski definition) is 3. The van der Waals surface area contributed by atoms with Crippen LogP contribution in [-0.4, -0.2) is 28.5 Å². The number of rotatable bonds is 5. The van der Waals surface area contributed by atoms with Crippen LogP contribution >= 0.6 is 0 Å². The number of amides is 1. The Morgan fingerprint density at radius 2 is 2.22 bits per heavy atom. The molecule has 1 unspecified atom stereocenters. The van der Waals surface area contributed by atoms with E-state index < -0.39 is 17.3 Å². The molecule has 1 amide bonds. The number of nitrogens with one attached hydrogen (secondary N) is 1. The molecule has 0 aliphatic rings. The van der Waals surface area contributed by atoms with Gasteiger partial charge in [-0.05, 0) is 25.5 Å². The smallest absolute Gasteiger partial charge is 0.311 e. The van der Waals surface area contributed by atoms with Gasteiger partial charge in [0.1, 0.15) is 0 Å². The topological polar surface area (TPSA) is 105 Å². The van der Waals surface area contributed by atoms with Crippen molar-refractivity contribution in [2.45, 2.75) is 20.3 Å². The molecule has 1 aromatic rings. The lowest BCUT2D eigenvalue weighted by atomic mass is 9.87. The number of carboxylic acids is 1. The normalized spacial score (nSPS) is 13.7. The van der Waals surface area contributed by atoms with E-state index in [0.717, 1.165) is 0 Å². The maximum atomic E-state index is 11.8. The molecule has 0 saturated heterocycles. The van der Waals surface area contributed by atoms with E-state index in [-0.39, 0.29) is 17.9 Å². The van der Waals surface area contributed by atoms with Gasteiger partial charge in [0.25, 0.3) is 5.91 Å². The Morgan fingerprint density at radius 3 is 2.72 bits per heavy atom. The average Bonchev–Trinajstić information content (AvgIpc) is 2.35. The van der Waals surface area contributed by atoms with Crippen molar-refractivity contribution in [3.8, 4) is 0 Å². The molecule has 1 heterocycles. The summed E-state index contributed by atoms with van der Waals surface area (Å²) in [5, 5.41) is 11.6. The van der Waals surface area contributed by atoms with Crippen LogP contribution in [0.2, 0.25) is 0 Å². The van der Waals surface area contributed by atoms with Gasteiger partial charge in [0.15, 0.2) is 5.69 Å². The minimum Gasteiger partial charge on any atom is -0.481 e. The second kappa shape index (κ2) is 5.48. The average molecular weight is 251 g/mol. The lowest BCUT2D eigenvalue weighted by molar-refractivity contribution is -0.147. The standard InChI is InChI=1S/C12H17N3O3/c1-3-12(2,11(17)18)7-15-10(16)9-8(13)5-4-6-14-9/h4-6H,3,7,13H2,1-2H3,(H,15,16)(H,17,18). The Labute approximate surface area is 105 Å². The second-order valence-electron chi connectivity index (χ2n) is 4.34. The molecule has 0 radical (unpaired) electrons. The second-order valence-corrected chi connectivity index (χ2v) is 4.34. The van der Waals surface area contributed by atoms with Gasteiger partial charge in [-0.1, -0.05) is 6.92 Å². The largest absolute Gasteiger partial charge is 0.481 e. The van der Waals surface area contributed by atoms with Gasteiger partial charge in [-0.3, -0.25) is 9.59 Å². The fourth-order valence-corrected chi connectivity index (χ4v) is 1.32. The van der Waals surface area contributed by atoms with Crippen molar-refractivity contribution in [3.63, 3.8) is 0 Å². The van der Waals surface area contributed by atoms with E-state index in [9.17, 15) is 9.59 Å². The van der Waals surface area contributed by atoms with Gasteiger partial charge >= 0.3 is 5.97 Å². The maximum absolute atomic E-state index is 11.8. The predicted octanol–water partition coefficient (Wildman–Crippen LogP) is 0.895. The van der Waals surface area contributed by atoms with Crippen LogP contribution in [0.4, 0.5) is 5.69 Å². The Kier molecular flexibility index (Phi) is 4.25. The van der Waals surface area contributed by atoms with Crippen molar-refractivity contribution in [1.82, 2.24) is 10.3 Å². The molecule has 4 N–H and O–H groups in total. The zero-order chi connectivity index (χ0) is 13.8. The quantitative estimate of drug-likeness (QED) is 0.720. The minimum atomic E-state index is -0.987. The van der Waals surface area contributed by atoms with Crippen molar-refractivity contribution in [2.75, 3.05) is 12.3 Å². The van der Waals surface area contributed by atoms with E-state index in [0.29, 0.717) is 6.42 Å². The third-order valence-corrected chi connectivity index (χ3v) is 2.99. The SMILES string of the molecule is CCC(C)(CNC(=O)c1ncccc1N)C(=O)O. The molecule has 0 fully saturated rings. The van der Waals surface area contributed by atoms with Crippen LogP contribution in [0.5, 0.6) is 0 Å². The third kappa shape index (κ3) is 2.97. The summed E-state index contributed by atoms with van der Waals surface area (Å²) in [6, 6.07) is 3.19. The van der Waals surface area contributed by atoms with Crippen molar-refractivity contribution >= 4 is 17.6 Å². The molecule has 0 bridgehead atoms. The number of nitrogens with zero attached hydrogens (tertiary/aromatic N) is 1. The zero-order valence-corrected chi connectivity index (χ0v) is 10.4. The highest BCUT2D eigenvalue weighted by molar-refractivity contribution is 5.97. The number of hydrogen-bond acceptors (Lipinski definition) is 4. The summed E-state index contributed by atoms with van der Waals surface area (Å²) >= 11 is 0. The fraction of sp³-hybridized carbons (Fsp3) is 0.417. The highest BCUT2D eigenvalue weighted by atomic mass is 16.4. The van der Waals surface area contributed by atoms with Crippen LogP contribution in [0.3, 0.4) is 0 Å². The summed E-state index contributed by atoms with van der Waals surface area (Å²) in [6.07, 6.45) is 1.88. The summed E-state index contributed by atoms with van der Waals surface area (Å²) in [5.41, 5.74) is 5.01. The molecule has 0 spiro atoms. The summed E-state index contributed by atoms with van der Waals surface area (Å²) < 4.78 is 0. The molecule has 0 aromatic carbocycles. The van der Waals surface area contributed by atoms with E-state index in [1.807, 2.05) is 0 Å². The summed E-state index contributed by atoms with van der Waals surface area (Å²) in [7, 11) is 0. The van der Waals surface area contributed by atoms with Crippen LogP contribution in [0.15, 0.2) is 18.3 Å². The van der Waals surface area contributed by atoms with Gasteiger partial charge in [-0.25, -0.2) is 4.98 Å². The molecular formula is C12H17N3O3. The van der Waals surface area contributed by atoms with E-state index >= 15 is 0 Å². The van der Waals surface area contributed by atoms with Gasteiger partial charge in [0.05, 0.1) is 11.1 Å². The van der Waals surface area contributed by atoms with Crippen molar-refractivity contribution in [3.05, 3.63) is 24.0 Å². The van der Waals surface area contributed by atoms with E-state index in [1.165, 1.54) is 6.20 Å². The first kappa shape index (κ1) is 14.0. The summed E-state index contributed by atoms with van der Waals surface area (Å²) in [6.45, 7) is 3.38. The predicted molar refractivity (Wildman–Crippen MR) is 67.0 cm³/mol. The highest BCUT2D eigenvalue weighted by Gasteiger charge is 2.31. The molecule has 1 aromatic heterocycles. The maximum Gasteiger partial charge on any atom is 0.311 e. The molecule has 0 aliphatic carbocycles. The first-order valence-electron chi connectivity index (χ1n) is 5.63. The molecule has 0 saturated carbocycles. The van der Waals surface area contributed by atoms with Gasteiger partial charge in [-0.2, -0.15) is 0 Å². The van der Waals surface area contributed by atoms with Crippen LogP contribution in [-0.2, 0) is 4.79 Å². The zero-order valence-electron chi connectivity index (χ0n) is 10.4. The molecule has 6 nitrogen and oxygen atoms in total. The molecule has 1 rings (SSSR count). The number of aromatic nitrogens is 1. The number of nitrogen functional groups attached to an aromatic ring is 1. The number of aliphatic carboxylic acids is 1. The van der Waals surface area contributed by atoms with Crippen LogP contribution < -0.4 is 11.1 Å². The van der Waals surface area contributed by atoms with Gasteiger partial charge < -0.3 is 16.2 Å². The highest BCUT2D eigenvalue weighted by Crippen LogP contribution is 2.20. The number of anilines is 1. The monoisotopic (exact) mass is 251 g/mol. The van der Waals surface area contributed by atoms with Crippen molar-refractivity contribution < 1.29 is 14.7 Å². The third-order valence-electron chi connectivity index (χ3n) is 2.99. The molecule has 0 aliphatic heterocycles. The molecule has 6 heteroatoms. The minimum absolute atomic E-state index is 0.0354. The number of carbonyl (C=O) groups is 2. The Morgan fingerprint density at radius 1 is 1.56 bits per heavy atom. The van der Waals surface area contributed by atoms with Crippen LogP contribution in [0.25, 0.3) is 0 Å². The van der Waals surface area contributed by atoms with E-state index in [4.69, 9.17) is 10.8 Å². The Balaban J connectivity index is 2.73. The molecular weight excluding hydrogens is 234 g/mol. The summed E-state index contributed by atoms with van der Waals surface area (Å²) in [4.78, 5) is 26.7. The number of pyridine rings is 1. The first-order valence-corrected chi connectivity index (χ1v) is 5.63. The lowest BCUT2D eigenvalue weighted by Gasteiger charge is -2.23. The van der Waals surface area contributed by atoms with Gasteiger partial charge in [-0.15, -0.1) is 0 Å². The first-order chi connectivity index (χ1) is 8.40. The Bertz CT molecular complexity index is 462.